The Labute approximate surface area is 197 Å². The molecule has 1 fully saturated rings. The summed E-state index contributed by atoms with van der Waals surface area (Å²) >= 11 is 0. The fraction of sp³-hybridized carbons (Fsp3) is 0.545. The number of furan rings is 1. The standard InChI is InChI=1S/C22H29N5O7/c1-3-32-18(28)9-12-26(14-17-6-5-13-34-17)21-19(27(30)31)20(23-15-24-21)25-10-7-16(8-11-25)22(29)33-4-2/h5-6,13,15-16H,3-4,7-12,14H2,1-2H3. The van der Waals surface area contributed by atoms with Crippen molar-refractivity contribution >= 4 is 29.3 Å². The van der Waals surface area contributed by atoms with Crippen LogP contribution in [-0.4, -0.2) is 59.7 Å². The highest BCUT2D eigenvalue weighted by atomic mass is 16.6. The van der Waals surface area contributed by atoms with Crippen molar-refractivity contribution in [1.82, 2.24) is 9.97 Å². The number of hydrogen-bond donors (Lipinski definition) is 0. The van der Waals surface area contributed by atoms with Crippen LogP contribution in [0.25, 0.3) is 0 Å². The average molecular weight is 476 g/mol. The van der Waals surface area contributed by atoms with Crippen molar-refractivity contribution in [3.8, 4) is 0 Å². The summed E-state index contributed by atoms with van der Waals surface area (Å²) in [7, 11) is 0. The Morgan fingerprint density at radius 2 is 1.97 bits per heavy atom. The first kappa shape index (κ1) is 24.9. The van der Waals surface area contributed by atoms with E-state index in [0.717, 1.165) is 0 Å². The number of anilines is 2. The van der Waals surface area contributed by atoms with Crippen LogP contribution >= 0.6 is 0 Å². The summed E-state index contributed by atoms with van der Waals surface area (Å²) in [5, 5.41) is 12.2. The molecule has 184 valence electrons. The molecule has 0 unspecified atom stereocenters. The summed E-state index contributed by atoms with van der Waals surface area (Å²) in [6, 6.07) is 3.46. The third-order valence-corrected chi connectivity index (χ3v) is 5.50. The fourth-order valence-electron chi connectivity index (χ4n) is 3.88. The summed E-state index contributed by atoms with van der Waals surface area (Å²) in [5.74, 6) is -0.0696. The minimum Gasteiger partial charge on any atom is -0.467 e. The third kappa shape index (κ3) is 6.21. The Hall–Kier alpha value is -3.70. The normalized spacial score (nSPS) is 14.0. The first-order valence-electron chi connectivity index (χ1n) is 11.3. The van der Waals surface area contributed by atoms with Crippen molar-refractivity contribution in [3.63, 3.8) is 0 Å². The lowest BCUT2D eigenvalue weighted by molar-refractivity contribution is -0.383. The van der Waals surface area contributed by atoms with Gasteiger partial charge in [-0.15, -0.1) is 0 Å². The van der Waals surface area contributed by atoms with Gasteiger partial charge in [0.15, 0.2) is 0 Å². The molecule has 0 aliphatic carbocycles. The first-order chi connectivity index (χ1) is 16.4. The van der Waals surface area contributed by atoms with E-state index in [2.05, 4.69) is 9.97 Å². The molecule has 3 rings (SSSR count). The molecular formula is C22H29N5O7. The summed E-state index contributed by atoms with van der Waals surface area (Å²) in [4.78, 5) is 47.5. The van der Waals surface area contributed by atoms with E-state index in [0.29, 0.717) is 38.3 Å². The lowest BCUT2D eigenvalue weighted by Gasteiger charge is -2.32. The Morgan fingerprint density at radius 1 is 1.24 bits per heavy atom. The molecule has 2 aromatic rings. The highest BCUT2D eigenvalue weighted by molar-refractivity contribution is 5.75. The number of aromatic nitrogens is 2. The largest absolute Gasteiger partial charge is 0.467 e. The molecule has 0 aromatic carbocycles. The molecule has 1 saturated heterocycles. The number of esters is 2. The van der Waals surface area contributed by atoms with Gasteiger partial charge in [-0.1, -0.05) is 0 Å². The predicted molar refractivity (Wildman–Crippen MR) is 121 cm³/mol. The lowest BCUT2D eigenvalue weighted by atomic mass is 9.97. The van der Waals surface area contributed by atoms with Gasteiger partial charge in [-0.25, -0.2) is 9.97 Å². The smallest absolute Gasteiger partial charge is 0.353 e. The molecule has 0 bridgehead atoms. The number of rotatable bonds is 11. The predicted octanol–water partition coefficient (Wildman–Crippen LogP) is 2.72. The second kappa shape index (κ2) is 12.0. The Balaban J connectivity index is 1.87. The van der Waals surface area contributed by atoms with E-state index < -0.39 is 10.9 Å². The molecule has 2 aromatic heterocycles. The van der Waals surface area contributed by atoms with E-state index in [1.54, 1.807) is 35.8 Å². The van der Waals surface area contributed by atoms with Gasteiger partial charge in [-0.3, -0.25) is 19.7 Å². The van der Waals surface area contributed by atoms with Gasteiger partial charge in [0.25, 0.3) is 0 Å². The number of nitrogens with zero attached hydrogens (tertiary/aromatic N) is 5. The van der Waals surface area contributed by atoms with Crippen molar-refractivity contribution in [2.75, 3.05) is 42.6 Å². The van der Waals surface area contributed by atoms with E-state index in [4.69, 9.17) is 13.9 Å². The van der Waals surface area contributed by atoms with Crippen molar-refractivity contribution < 1.29 is 28.4 Å². The number of ether oxygens (including phenoxy) is 2. The van der Waals surface area contributed by atoms with Crippen LogP contribution in [0.5, 0.6) is 0 Å². The monoisotopic (exact) mass is 475 g/mol. The zero-order chi connectivity index (χ0) is 24.5. The van der Waals surface area contributed by atoms with Crippen LogP contribution < -0.4 is 9.80 Å². The lowest BCUT2D eigenvalue weighted by Crippen LogP contribution is -2.38. The quantitative estimate of drug-likeness (QED) is 0.269. The average Bonchev–Trinajstić information content (AvgIpc) is 3.35. The molecule has 34 heavy (non-hydrogen) atoms. The van der Waals surface area contributed by atoms with E-state index in [1.807, 2.05) is 0 Å². The van der Waals surface area contributed by atoms with E-state index in [-0.39, 0.29) is 55.3 Å². The number of carbonyl (C=O) groups is 2. The van der Waals surface area contributed by atoms with E-state index in [9.17, 15) is 19.7 Å². The minimum absolute atomic E-state index is 0.0238. The zero-order valence-corrected chi connectivity index (χ0v) is 19.3. The molecular weight excluding hydrogens is 446 g/mol. The molecule has 0 saturated carbocycles. The van der Waals surface area contributed by atoms with Gasteiger partial charge < -0.3 is 23.7 Å². The maximum atomic E-state index is 12.2. The Kier molecular flexibility index (Phi) is 8.77. The summed E-state index contributed by atoms with van der Waals surface area (Å²) < 4.78 is 15.5. The van der Waals surface area contributed by atoms with Gasteiger partial charge in [0, 0.05) is 19.6 Å². The highest BCUT2D eigenvalue weighted by Gasteiger charge is 2.34. The molecule has 0 radical (unpaired) electrons. The maximum Gasteiger partial charge on any atom is 0.353 e. The zero-order valence-electron chi connectivity index (χ0n) is 19.3. The minimum atomic E-state index is -0.512. The highest BCUT2D eigenvalue weighted by Crippen LogP contribution is 2.36. The van der Waals surface area contributed by atoms with Crippen LogP contribution in [0.2, 0.25) is 0 Å². The van der Waals surface area contributed by atoms with Gasteiger partial charge in [0.2, 0.25) is 11.6 Å². The molecule has 1 aliphatic rings. The second-order valence-electron chi connectivity index (χ2n) is 7.70. The van der Waals surface area contributed by atoms with E-state index >= 15 is 0 Å². The van der Waals surface area contributed by atoms with Crippen LogP contribution in [0.15, 0.2) is 29.1 Å². The topological polar surface area (TPSA) is 141 Å². The Morgan fingerprint density at radius 3 is 2.59 bits per heavy atom. The van der Waals surface area contributed by atoms with Crippen LogP contribution in [0.4, 0.5) is 17.3 Å². The maximum absolute atomic E-state index is 12.2. The van der Waals surface area contributed by atoms with E-state index in [1.165, 1.54) is 12.6 Å². The molecule has 12 heteroatoms. The summed E-state index contributed by atoms with van der Waals surface area (Å²) in [6.07, 6.45) is 3.82. The third-order valence-electron chi connectivity index (χ3n) is 5.50. The van der Waals surface area contributed by atoms with Crippen molar-refractivity contribution in [1.29, 1.82) is 0 Å². The first-order valence-corrected chi connectivity index (χ1v) is 11.3. The van der Waals surface area contributed by atoms with Crippen molar-refractivity contribution in [3.05, 3.63) is 40.6 Å². The molecule has 0 atom stereocenters. The molecule has 3 heterocycles. The second-order valence-corrected chi connectivity index (χ2v) is 7.70. The summed E-state index contributed by atoms with van der Waals surface area (Å²) in [6.45, 7) is 5.19. The van der Waals surface area contributed by atoms with Crippen LogP contribution in [0, 0.1) is 16.0 Å². The number of nitro groups is 1. The van der Waals surface area contributed by atoms with Crippen LogP contribution in [0.3, 0.4) is 0 Å². The van der Waals surface area contributed by atoms with Gasteiger partial charge >= 0.3 is 17.6 Å². The molecule has 0 spiro atoms. The molecule has 1 aliphatic heterocycles. The molecule has 12 nitrogen and oxygen atoms in total. The Bertz CT molecular complexity index is 974. The summed E-state index contributed by atoms with van der Waals surface area (Å²) in [5.41, 5.74) is -0.257. The number of hydrogen-bond acceptors (Lipinski definition) is 11. The van der Waals surface area contributed by atoms with Gasteiger partial charge in [-0.2, -0.15) is 0 Å². The van der Waals surface area contributed by atoms with Crippen LogP contribution in [-0.2, 0) is 25.6 Å². The van der Waals surface area contributed by atoms with Crippen LogP contribution in [0.1, 0.15) is 38.9 Å². The van der Waals surface area contributed by atoms with Gasteiger partial charge in [0.1, 0.15) is 12.1 Å². The van der Waals surface area contributed by atoms with Crippen molar-refractivity contribution in [2.45, 2.75) is 39.7 Å². The molecule has 0 amide bonds. The number of piperidine rings is 1. The number of carbonyl (C=O) groups excluding carboxylic acids is 2. The van der Waals surface area contributed by atoms with Crippen molar-refractivity contribution in [2.24, 2.45) is 5.92 Å². The molecule has 0 N–H and O–H groups in total. The fourth-order valence-corrected chi connectivity index (χ4v) is 3.88. The SMILES string of the molecule is CCOC(=O)CCN(Cc1ccco1)c1ncnc(N2CCC(C(=O)OCC)CC2)c1[N+](=O)[O-]. The van der Waals surface area contributed by atoms with Gasteiger partial charge in [0.05, 0.1) is 43.3 Å². The van der Waals surface area contributed by atoms with Gasteiger partial charge in [-0.05, 0) is 38.8 Å².